The van der Waals surface area contributed by atoms with Crippen LogP contribution < -0.4 is 0 Å². The minimum atomic E-state index is -3.86. The lowest BCUT2D eigenvalue weighted by molar-refractivity contribution is 0.583. The molecule has 5 nitrogen and oxygen atoms in total. The molecule has 0 radical (unpaired) electrons. The van der Waals surface area contributed by atoms with Crippen molar-refractivity contribution in [2.75, 3.05) is 0 Å². The molecule has 0 amide bonds. The van der Waals surface area contributed by atoms with Gasteiger partial charge in [-0.15, -0.1) is 10.2 Å². The molecule has 0 saturated heterocycles. The average molecular weight is 292 g/mol. The normalized spacial score (nSPS) is 11.9. The molecule has 2 rings (SSSR count). The van der Waals surface area contributed by atoms with Crippen molar-refractivity contribution < 1.29 is 8.42 Å². The van der Waals surface area contributed by atoms with Crippen LogP contribution >= 0.6 is 22.0 Å². The predicted octanol–water partition coefficient (Wildman–Crippen LogP) is 2.26. The summed E-state index contributed by atoms with van der Waals surface area (Å²) >= 11 is 1.53. The van der Waals surface area contributed by atoms with E-state index in [0.717, 1.165) is 11.1 Å². The van der Waals surface area contributed by atoms with Crippen LogP contribution in [0.3, 0.4) is 0 Å². The highest BCUT2D eigenvalue weighted by atomic mass is 35.7. The molecule has 0 aromatic carbocycles. The second kappa shape index (κ2) is 4.40. The molecule has 2 aromatic rings. The lowest BCUT2D eigenvalue weighted by Gasteiger charge is -2.04. The van der Waals surface area contributed by atoms with Crippen LogP contribution in [-0.2, 0) is 15.6 Å². The topological polar surface area (TPSA) is 64.8 Å². The molecule has 2 aromatic heterocycles. The predicted molar refractivity (Wildman–Crippen MR) is 66.8 cm³/mol. The Kier molecular flexibility index (Phi) is 3.24. The van der Waals surface area contributed by atoms with E-state index in [9.17, 15) is 8.42 Å². The Labute approximate surface area is 107 Å². The van der Waals surface area contributed by atoms with E-state index in [2.05, 4.69) is 10.2 Å². The summed E-state index contributed by atoms with van der Waals surface area (Å²) in [6, 6.07) is 0. The summed E-state index contributed by atoms with van der Waals surface area (Å²) in [6.07, 6.45) is 0. The zero-order valence-electron chi connectivity index (χ0n) is 9.21. The first kappa shape index (κ1) is 12.5. The Hall–Kier alpha value is -0.920. The third-order valence-electron chi connectivity index (χ3n) is 2.35. The highest BCUT2D eigenvalue weighted by Crippen LogP contribution is 2.27. The van der Waals surface area contributed by atoms with Crippen LogP contribution in [0.15, 0.2) is 15.9 Å². The van der Waals surface area contributed by atoms with Crippen molar-refractivity contribution >= 4 is 31.1 Å². The van der Waals surface area contributed by atoms with Gasteiger partial charge in [0.15, 0.2) is 5.82 Å². The average Bonchev–Trinajstić information content (AvgIpc) is 2.81. The van der Waals surface area contributed by atoms with Crippen LogP contribution in [0, 0.1) is 6.92 Å². The van der Waals surface area contributed by atoms with Gasteiger partial charge in [-0.25, -0.2) is 8.42 Å². The van der Waals surface area contributed by atoms with Crippen molar-refractivity contribution in [2.24, 2.45) is 0 Å². The molecule has 0 unspecified atom stereocenters. The first-order valence-electron chi connectivity index (χ1n) is 4.86. The SMILES string of the molecule is CCn1c(-c2cscc2C)nnc1S(=O)(=O)Cl. The van der Waals surface area contributed by atoms with Gasteiger partial charge in [0.25, 0.3) is 14.2 Å². The van der Waals surface area contributed by atoms with Gasteiger partial charge in [0.2, 0.25) is 0 Å². The highest BCUT2D eigenvalue weighted by Gasteiger charge is 2.23. The minimum absolute atomic E-state index is 0.206. The van der Waals surface area contributed by atoms with Gasteiger partial charge in [-0.2, -0.15) is 11.3 Å². The van der Waals surface area contributed by atoms with Crippen LogP contribution in [-0.4, -0.2) is 23.2 Å². The zero-order valence-corrected chi connectivity index (χ0v) is 11.6. The molecule has 0 N–H and O–H groups in total. The van der Waals surface area contributed by atoms with Crippen LogP contribution in [0.4, 0.5) is 0 Å². The van der Waals surface area contributed by atoms with E-state index in [1.807, 2.05) is 24.6 Å². The summed E-state index contributed by atoms with van der Waals surface area (Å²) in [4.78, 5) is 0. The minimum Gasteiger partial charge on any atom is -0.297 e. The van der Waals surface area contributed by atoms with Crippen molar-refractivity contribution in [1.82, 2.24) is 14.8 Å². The number of rotatable bonds is 3. The maximum atomic E-state index is 11.3. The van der Waals surface area contributed by atoms with Crippen molar-refractivity contribution in [3.8, 4) is 11.4 Å². The summed E-state index contributed by atoms with van der Waals surface area (Å²) in [7, 11) is 1.44. The summed E-state index contributed by atoms with van der Waals surface area (Å²) in [5, 5.41) is 11.2. The molecule has 0 aliphatic heterocycles. The molecule has 2 heterocycles. The summed E-state index contributed by atoms with van der Waals surface area (Å²) < 4.78 is 24.1. The number of thiophene rings is 1. The summed E-state index contributed by atoms with van der Waals surface area (Å²) in [5.41, 5.74) is 1.92. The molecular weight excluding hydrogens is 282 g/mol. The Bertz CT molecular complexity index is 645. The van der Waals surface area contributed by atoms with E-state index in [1.54, 1.807) is 0 Å². The van der Waals surface area contributed by atoms with E-state index >= 15 is 0 Å². The molecule has 0 atom stereocenters. The van der Waals surface area contributed by atoms with Gasteiger partial charge >= 0.3 is 0 Å². The first-order chi connectivity index (χ1) is 7.95. The molecule has 0 aliphatic rings. The number of hydrogen-bond acceptors (Lipinski definition) is 5. The number of aryl methyl sites for hydroxylation is 1. The second-order valence-electron chi connectivity index (χ2n) is 3.46. The Morgan fingerprint density at radius 2 is 2.12 bits per heavy atom. The van der Waals surface area contributed by atoms with Crippen molar-refractivity contribution in [3.05, 3.63) is 16.3 Å². The molecule has 0 bridgehead atoms. The maximum Gasteiger partial charge on any atom is 0.296 e. The largest absolute Gasteiger partial charge is 0.297 e. The van der Waals surface area contributed by atoms with Crippen LogP contribution in [0.1, 0.15) is 12.5 Å². The fourth-order valence-electron chi connectivity index (χ4n) is 1.54. The Balaban J connectivity index is 2.66. The third-order valence-corrected chi connectivity index (χ3v) is 4.36. The Morgan fingerprint density at radius 1 is 1.41 bits per heavy atom. The number of aromatic nitrogens is 3. The molecule has 8 heteroatoms. The van der Waals surface area contributed by atoms with E-state index in [0.29, 0.717) is 12.4 Å². The zero-order chi connectivity index (χ0) is 12.6. The van der Waals surface area contributed by atoms with Crippen LogP contribution in [0.2, 0.25) is 0 Å². The molecule has 92 valence electrons. The van der Waals surface area contributed by atoms with Gasteiger partial charge in [-0.1, -0.05) is 0 Å². The number of halogens is 1. The quantitative estimate of drug-likeness (QED) is 0.814. The van der Waals surface area contributed by atoms with Crippen molar-refractivity contribution in [2.45, 2.75) is 25.5 Å². The standard InChI is InChI=1S/C9H10ClN3O2S2/c1-3-13-8(7-5-16-4-6(7)2)11-12-9(13)17(10,14)15/h4-5H,3H2,1-2H3. The molecule has 0 saturated carbocycles. The van der Waals surface area contributed by atoms with E-state index in [-0.39, 0.29) is 5.16 Å². The lowest BCUT2D eigenvalue weighted by Crippen LogP contribution is -2.06. The van der Waals surface area contributed by atoms with E-state index in [4.69, 9.17) is 10.7 Å². The number of nitrogens with zero attached hydrogens (tertiary/aromatic N) is 3. The monoisotopic (exact) mass is 291 g/mol. The maximum absolute atomic E-state index is 11.3. The van der Waals surface area contributed by atoms with Gasteiger partial charge in [-0.05, 0) is 24.8 Å². The molecule has 0 aliphatic carbocycles. The lowest BCUT2D eigenvalue weighted by atomic mass is 10.2. The van der Waals surface area contributed by atoms with Crippen LogP contribution in [0.5, 0.6) is 0 Å². The molecule has 17 heavy (non-hydrogen) atoms. The fourth-order valence-corrected chi connectivity index (χ4v) is 3.33. The van der Waals surface area contributed by atoms with E-state index in [1.165, 1.54) is 15.9 Å². The molecule has 0 fully saturated rings. The summed E-state index contributed by atoms with van der Waals surface area (Å²) in [6.45, 7) is 4.20. The van der Waals surface area contributed by atoms with Gasteiger partial charge < -0.3 is 0 Å². The third kappa shape index (κ3) is 2.22. The number of hydrogen-bond donors (Lipinski definition) is 0. The van der Waals surface area contributed by atoms with E-state index < -0.39 is 9.05 Å². The van der Waals surface area contributed by atoms with Crippen molar-refractivity contribution in [3.63, 3.8) is 0 Å². The molecule has 0 spiro atoms. The summed E-state index contributed by atoms with van der Waals surface area (Å²) in [5.74, 6) is 0.533. The van der Waals surface area contributed by atoms with Gasteiger partial charge in [-0.3, -0.25) is 4.57 Å². The van der Waals surface area contributed by atoms with Gasteiger partial charge in [0.05, 0.1) is 0 Å². The van der Waals surface area contributed by atoms with Crippen molar-refractivity contribution in [1.29, 1.82) is 0 Å². The first-order valence-corrected chi connectivity index (χ1v) is 8.11. The Morgan fingerprint density at radius 3 is 2.59 bits per heavy atom. The van der Waals surface area contributed by atoms with Crippen LogP contribution in [0.25, 0.3) is 11.4 Å². The highest BCUT2D eigenvalue weighted by molar-refractivity contribution is 8.13. The molecular formula is C9H10ClN3O2S2. The fraction of sp³-hybridized carbons (Fsp3) is 0.333. The van der Waals surface area contributed by atoms with Gasteiger partial charge in [0.1, 0.15) is 0 Å². The second-order valence-corrected chi connectivity index (χ2v) is 6.66. The van der Waals surface area contributed by atoms with Gasteiger partial charge in [0, 0.05) is 28.2 Å². The smallest absolute Gasteiger partial charge is 0.296 e.